The number of benzene rings is 2. The average molecular weight is 367 g/mol. The normalized spacial score (nSPS) is 21.9. The van der Waals surface area contributed by atoms with Crippen LogP contribution in [0.5, 0.6) is 11.5 Å². The van der Waals surface area contributed by atoms with Gasteiger partial charge in [-0.3, -0.25) is 5.32 Å². The summed E-state index contributed by atoms with van der Waals surface area (Å²) in [6, 6.07) is 16.6. The number of hydrogen-bond donors (Lipinski definition) is 1. The van der Waals surface area contributed by atoms with E-state index in [1.807, 2.05) is 24.3 Å². The second kappa shape index (κ2) is 7.05. The van der Waals surface area contributed by atoms with Crippen LogP contribution in [0.1, 0.15) is 46.6 Å². The summed E-state index contributed by atoms with van der Waals surface area (Å²) in [5, 5.41) is 8.24. The molecule has 0 spiro atoms. The third kappa shape index (κ3) is 2.95. The second-order valence-corrected chi connectivity index (χ2v) is 7.22. The van der Waals surface area contributed by atoms with Crippen molar-refractivity contribution >= 4 is 11.5 Å². The number of rotatable bonds is 4. The minimum Gasteiger partial charge on any atom is -0.497 e. The Bertz CT molecular complexity index is 877. The summed E-state index contributed by atoms with van der Waals surface area (Å²) in [6.07, 6.45) is 0. The molecule has 3 atom stereocenters. The molecule has 134 valence electrons. The molecule has 2 aromatic carbocycles. The second-order valence-electron chi connectivity index (χ2n) is 6.43. The molecule has 1 aliphatic heterocycles. The average Bonchev–Trinajstić information content (AvgIpc) is 3.19. The van der Waals surface area contributed by atoms with Gasteiger partial charge in [0.2, 0.25) is 0 Å². The first-order chi connectivity index (χ1) is 12.7. The Morgan fingerprint density at radius 2 is 1.46 bits per heavy atom. The Balaban J connectivity index is 1.71. The SMILES string of the molecule is COc1ccc(C2NC(c3ccc(OC)cc3)C(C)c3nnsc32)cc1. The molecule has 6 heteroatoms. The van der Waals surface area contributed by atoms with Crippen LogP contribution in [0, 0.1) is 0 Å². The standard InChI is InChI=1S/C20H21N3O2S/c1-12-17(13-4-8-15(24-2)9-5-13)21-19(20-18(12)22-23-26-20)14-6-10-16(25-3)11-7-14/h4-12,17,19,21H,1-3H3. The van der Waals surface area contributed by atoms with Crippen LogP contribution >= 0.6 is 11.5 Å². The summed E-state index contributed by atoms with van der Waals surface area (Å²) in [6.45, 7) is 2.20. The van der Waals surface area contributed by atoms with E-state index in [1.54, 1.807) is 14.2 Å². The van der Waals surface area contributed by atoms with Crippen molar-refractivity contribution in [3.63, 3.8) is 0 Å². The van der Waals surface area contributed by atoms with Gasteiger partial charge in [0.25, 0.3) is 0 Å². The number of nitrogens with zero attached hydrogens (tertiary/aromatic N) is 2. The van der Waals surface area contributed by atoms with Crippen LogP contribution in [0.25, 0.3) is 0 Å². The molecule has 0 amide bonds. The van der Waals surface area contributed by atoms with E-state index in [4.69, 9.17) is 9.47 Å². The fourth-order valence-corrected chi connectivity index (χ4v) is 4.36. The first-order valence-electron chi connectivity index (χ1n) is 8.57. The highest BCUT2D eigenvalue weighted by atomic mass is 32.1. The lowest BCUT2D eigenvalue weighted by Gasteiger charge is -2.35. The monoisotopic (exact) mass is 367 g/mol. The highest BCUT2D eigenvalue weighted by Crippen LogP contribution is 2.43. The van der Waals surface area contributed by atoms with E-state index in [0.29, 0.717) is 0 Å². The van der Waals surface area contributed by atoms with Crippen LogP contribution in [0.3, 0.4) is 0 Å². The maximum Gasteiger partial charge on any atom is 0.118 e. The minimum atomic E-state index is 0.0687. The number of nitrogens with one attached hydrogen (secondary N) is 1. The van der Waals surface area contributed by atoms with Gasteiger partial charge in [0, 0.05) is 12.0 Å². The van der Waals surface area contributed by atoms with E-state index < -0.39 is 0 Å². The maximum atomic E-state index is 5.29. The lowest BCUT2D eigenvalue weighted by Crippen LogP contribution is -2.35. The van der Waals surface area contributed by atoms with E-state index in [0.717, 1.165) is 17.2 Å². The lowest BCUT2D eigenvalue weighted by molar-refractivity contribution is 0.392. The van der Waals surface area contributed by atoms with Crippen molar-refractivity contribution in [3.05, 3.63) is 70.2 Å². The number of fused-ring (bicyclic) bond motifs is 1. The van der Waals surface area contributed by atoms with Gasteiger partial charge in [0.1, 0.15) is 11.5 Å². The first-order valence-corrected chi connectivity index (χ1v) is 9.34. The Hall–Kier alpha value is -2.44. The summed E-state index contributed by atoms with van der Waals surface area (Å²) < 4.78 is 14.8. The summed E-state index contributed by atoms with van der Waals surface area (Å²) >= 11 is 1.47. The quantitative estimate of drug-likeness (QED) is 0.753. The molecule has 3 unspecified atom stereocenters. The first kappa shape index (κ1) is 17.0. The van der Waals surface area contributed by atoms with Crippen LogP contribution in [-0.2, 0) is 0 Å². The molecule has 3 aromatic rings. The van der Waals surface area contributed by atoms with Gasteiger partial charge in [-0.2, -0.15) is 0 Å². The molecular formula is C20H21N3O2S. The lowest BCUT2D eigenvalue weighted by atomic mass is 9.84. The molecule has 1 aliphatic rings. The van der Waals surface area contributed by atoms with E-state index in [1.165, 1.54) is 27.5 Å². The Kier molecular flexibility index (Phi) is 4.61. The van der Waals surface area contributed by atoms with Gasteiger partial charge >= 0.3 is 0 Å². The molecule has 0 saturated carbocycles. The maximum absolute atomic E-state index is 5.29. The molecule has 1 aromatic heterocycles. The van der Waals surface area contributed by atoms with Crippen molar-refractivity contribution < 1.29 is 9.47 Å². The van der Waals surface area contributed by atoms with E-state index in [9.17, 15) is 0 Å². The number of hydrogen-bond acceptors (Lipinski definition) is 6. The summed E-state index contributed by atoms with van der Waals surface area (Å²) in [5.74, 6) is 1.96. The molecule has 2 heterocycles. The van der Waals surface area contributed by atoms with Crippen LogP contribution in [-0.4, -0.2) is 23.8 Å². The van der Waals surface area contributed by atoms with Gasteiger partial charge < -0.3 is 9.47 Å². The zero-order valence-electron chi connectivity index (χ0n) is 15.0. The molecular weight excluding hydrogens is 346 g/mol. The van der Waals surface area contributed by atoms with Gasteiger partial charge in [-0.15, -0.1) is 5.10 Å². The van der Waals surface area contributed by atoms with Crippen LogP contribution in [0.2, 0.25) is 0 Å². The third-order valence-corrected chi connectivity index (χ3v) is 5.81. The van der Waals surface area contributed by atoms with Crippen molar-refractivity contribution in [3.8, 4) is 11.5 Å². The highest BCUT2D eigenvalue weighted by molar-refractivity contribution is 7.05. The van der Waals surface area contributed by atoms with Crippen LogP contribution < -0.4 is 14.8 Å². The molecule has 0 aliphatic carbocycles. The van der Waals surface area contributed by atoms with Gasteiger partial charge in [0.05, 0.1) is 30.8 Å². The fourth-order valence-electron chi connectivity index (χ4n) is 3.52. The van der Waals surface area contributed by atoms with Gasteiger partial charge in [-0.1, -0.05) is 35.7 Å². The highest BCUT2D eigenvalue weighted by Gasteiger charge is 2.36. The van der Waals surface area contributed by atoms with Gasteiger partial charge in [-0.25, -0.2) is 0 Å². The molecule has 0 radical (unpaired) electrons. The van der Waals surface area contributed by atoms with Crippen molar-refractivity contribution in [2.75, 3.05) is 14.2 Å². The molecule has 26 heavy (non-hydrogen) atoms. The van der Waals surface area contributed by atoms with E-state index >= 15 is 0 Å². The van der Waals surface area contributed by atoms with Crippen LogP contribution in [0.15, 0.2) is 48.5 Å². The third-order valence-electron chi connectivity index (χ3n) is 5.00. The molecule has 0 saturated heterocycles. The smallest absolute Gasteiger partial charge is 0.118 e. The molecule has 0 fully saturated rings. The fraction of sp³-hybridized carbons (Fsp3) is 0.300. The van der Waals surface area contributed by atoms with Crippen molar-refractivity contribution in [1.29, 1.82) is 0 Å². The summed E-state index contributed by atoms with van der Waals surface area (Å²) in [4.78, 5) is 1.19. The van der Waals surface area contributed by atoms with Crippen molar-refractivity contribution in [1.82, 2.24) is 14.9 Å². The number of methoxy groups -OCH3 is 2. The molecule has 5 nitrogen and oxygen atoms in total. The summed E-state index contributed by atoms with van der Waals surface area (Å²) in [7, 11) is 3.36. The van der Waals surface area contributed by atoms with Gasteiger partial charge in [-0.05, 0) is 46.9 Å². The van der Waals surface area contributed by atoms with E-state index in [2.05, 4.69) is 46.1 Å². The topological polar surface area (TPSA) is 56.3 Å². The molecule has 1 N–H and O–H groups in total. The zero-order valence-corrected chi connectivity index (χ0v) is 15.8. The van der Waals surface area contributed by atoms with Crippen LogP contribution in [0.4, 0.5) is 0 Å². The van der Waals surface area contributed by atoms with Crippen molar-refractivity contribution in [2.24, 2.45) is 0 Å². The van der Waals surface area contributed by atoms with E-state index in [-0.39, 0.29) is 18.0 Å². The Morgan fingerprint density at radius 1 is 0.885 bits per heavy atom. The number of aromatic nitrogens is 2. The molecule has 0 bridgehead atoms. The number of ether oxygens (including phenoxy) is 2. The van der Waals surface area contributed by atoms with Crippen molar-refractivity contribution in [2.45, 2.75) is 24.9 Å². The zero-order chi connectivity index (χ0) is 18.1. The Labute approximate surface area is 157 Å². The van der Waals surface area contributed by atoms with Gasteiger partial charge in [0.15, 0.2) is 0 Å². The predicted molar refractivity (Wildman–Crippen MR) is 102 cm³/mol. The largest absolute Gasteiger partial charge is 0.497 e. The molecule has 4 rings (SSSR count). The predicted octanol–water partition coefficient (Wildman–Crippen LogP) is 4.09. The minimum absolute atomic E-state index is 0.0687. The summed E-state index contributed by atoms with van der Waals surface area (Å²) in [5.41, 5.74) is 3.48. The Morgan fingerprint density at radius 3 is 2.04 bits per heavy atom.